The number of benzene rings is 1. The Hall–Kier alpha value is -2.74. The van der Waals surface area contributed by atoms with Crippen LogP contribution in [0, 0.1) is 5.82 Å². The molecule has 1 aromatic carbocycles. The van der Waals surface area contributed by atoms with E-state index in [2.05, 4.69) is 25.0 Å². The van der Waals surface area contributed by atoms with Crippen LogP contribution in [0.25, 0.3) is 11.4 Å². The second-order valence-corrected chi connectivity index (χ2v) is 6.54. The minimum Gasteiger partial charge on any atom is -0.368 e. The number of piperidine rings is 1. The van der Waals surface area contributed by atoms with E-state index in [4.69, 9.17) is 21.9 Å². The van der Waals surface area contributed by atoms with Crippen molar-refractivity contribution < 1.29 is 8.91 Å². The van der Waals surface area contributed by atoms with Gasteiger partial charge in [-0.15, -0.1) is 0 Å². The van der Waals surface area contributed by atoms with Crippen LogP contribution in [0.5, 0.6) is 0 Å². The summed E-state index contributed by atoms with van der Waals surface area (Å²) in [5.74, 6) is 1.61. The fourth-order valence-electron chi connectivity index (χ4n) is 3.09. The van der Waals surface area contributed by atoms with Gasteiger partial charge in [-0.3, -0.25) is 0 Å². The lowest BCUT2D eigenvalue weighted by atomic mass is 9.98. The van der Waals surface area contributed by atoms with Gasteiger partial charge in [0.25, 0.3) is 0 Å². The predicted molar refractivity (Wildman–Crippen MR) is 95.3 cm³/mol. The summed E-state index contributed by atoms with van der Waals surface area (Å²) in [4.78, 5) is 14.7. The topological polar surface area (TPSA) is 94.0 Å². The molecule has 1 aliphatic rings. The number of rotatable bonds is 3. The lowest BCUT2D eigenvalue weighted by molar-refractivity contribution is 0.333. The Kier molecular flexibility index (Phi) is 4.42. The van der Waals surface area contributed by atoms with E-state index in [-0.39, 0.29) is 17.7 Å². The third-order valence-corrected chi connectivity index (χ3v) is 4.53. The largest absolute Gasteiger partial charge is 0.368 e. The average Bonchev–Trinajstić information content (AvgIpc) is 3.12. The van der Waals surface area contributed by atoms with Gasteiger partial charge in [-0.1, -0.05) is 16.8 Å². The zero-order valence-electron chi connectivity index (χ0n) is 13.8. The SMILES string of the molecule is Nc1nc(Cl)cc(N2CCCC(c3nc(-c4ccc(F)cc4)no3)C2)n1. The van der Waals surface area contributed by atoms with E-state index < -0.39 is 0 Å². The zero-order valence-corrected chi connectivity index (χ0v) is 14.5. The quantitative estimate of drug-likeness (QED) is 0.703. The number of halogens is 2. The van der Waals surface area contributed by atoms with Crippen molar-refractivity contribution >= 4 is 23.4 Å². The van der Waals surface area contributed by atoms with Gasteiger partial charge in [-0.25, -0.2) is 9.37 Å². The highest BCUT2D eigenvalue weighted by Gasteiger charge is 2.27. The molecule has 3 heterocycles. The first-order valence-corrected chi connectivity index (χ1v) is 8.61. The Morgan fingerprint density at radius 3 is 2.77 bits per heavy atom. The molecule has 1 unspecified atom stereocenters. The standard InChI is InChI=1S/C17H16ClFN6O/c18-13-8-14(22-17(20)21-13)25-7-1-2-11(9-25)16-23-15(24-26-16)10-3-5-12(19)6-4-10/h3-6,8,11H,1-2,7,9H2,(H2,20,21,22). The summed E-state index contributed by atoms with van der Waals surface area (Å²) < 4.78 is 18.5. The molecule has 0 spiro atoms. The van der Waals surface area contributed by atoms with Crippen molar-refractivity contribution in [2.75, 3.05) is 23.7 Å². The van der Waals surface area contributed by atoms with Gasteiger partial charge in [0.05, 0.1) is 5.92 Å². The van der Waals surface area contributed by atoms with Crippen LogP contribution in [0.1, 0.15) is 24.7 Å². The van der Waals surface area contributed by atoms with Gasteiger partial charge in [0.15, 0.2) is 0 Å². The van der Waals surface area contributed by atoms with E-state index in [1.54, 1.807) is 18.2 Å². The van der Waals surface area contributed by atoms with Crippen LogP contribution in [-0.4, -0.2) is 33.2 Å². The van der Waals surface area contributed by atoms with Crippen LogP contribution >= 0.6 is 11.6 Å². The summed E-state index contributed by atoms with van der Waals surface area (Å²) in [6.45, 7) is 1.50. The first-order chi connectivity index (χ1) is 12.6. The van der Waals surface area contributed by atoms with E-state index in [0.29, 0.717) is 34.8 Å². The van der Waals surface area contributed by atoms with Crippen molar-refractivity contribution in [2.45, 2.75) is 18.8 Å². The first kappa shape index (κ1) is 16.7. The van der Waals surface area contributed by atoms with E-state index in [1.807, 2.05) is 0 Å². The van der Waals surface area contributed by atoms with Crippen LogP contribution in [0.2, 0.25) is 5.15 Å². The summed E-state index contributed by atoms with van der Waals surface area (Å²) in [7, 11) is 0. The molecule has 1 fully saturated rings. The third-order valence-electron chi connectivity index (χ3n) is 4.34. The fraction of sp³-hybridized carbons (Fsp3) is 0.294. The Balaban J connectivity index is 1.54. The van der Waals surface area contributed by atoms with Crippen molar-refractivity contribution in [3.63, 3.8) is 0 Å². The molecule has 1 aliphatic heterocycles. The molecule has 0 bridgehead atoms. The van der Waals surface area contributed by atoms with Gasteiger partial charge >= 0.3 is 0 Å². The van der Waals surface area contributed by atoms with E-state index in [0.717, 1.165) is 19.4 Å². The molecular weight excluding hydrogens is 359 g/mol. The number of hydrogen-bond acceptors (Lipinski definition) is 7. The van der Waals surface area contributed by atoms with Gasteiger partial charge in [0.2, 0.25) is 17.7 Å². The molecule has 2 aromatic heterocycles. The number of nitrogen functional groups attached to an aromatic ring is 1. The summed E-state index contributed by atoms with van der Waals surface area (Å²) in [5, 5.41) is 4.33. The molecular formula is C17H16ClFN6O. The maximum absolute atomic E-state index is 13.1. The average molecular weight is 375 g/mol. The van der Waals surface area contributed by atoms with Crippen LogP contribution in [-0.2, 0) is 0 Å². The number of nitrogens with zero attached hydrogens (tertiary/aromatic N) is 5. The van der Waals surface area contributed by atoms with Gasteiger partial charge in [0.1, 0.15) is 16.8 Å². The molecule has 7 nitrogen and oxygen atoms in total. The first-order valence-electron chi connectivity index (χ1n) is 8.23. The second-order valence-electron chi connectivity index (χ2n) is 6.16. The van der Waals surface area contributed by atoms with E-state index >= 15 is 0 Å². The number of hydrogen-bond donors (Lipinski definition) is 1. The molecule has 0 radical (unpaired) electrons. The van der Waals surface area contributed by atoms with Crippen molar-refractivity contribution in [1.82, 2.24) is 20.1 Å². The normalized spacial score (nSPS) is 17.5. The van der Waals surface area contributed by atoms with Gasteiger partial charge in [0, 0.05) is 24.7 Å². The highest BCUT2D eigenvalue weighted by Crippen LogP contribution is 2.30. The minimum atomic E-state index is -0.303. The maximum atomic E-state index is 13.1. The summed E-state index contributed by atoms with van der Waals surface area (Å²) >= 11 is 5.98. The van der Waals surface area contributed by atoms with Crippen molar-refractivity contribution in [2.24, 2.45) is 0 Å². The number of aromatic nitrogens is 4. The molecule has 0 amide bonds. The highest BCUT2D eigenvalue weighted by atomic mass is 35.5. The molecule has 1 saturated heterocycles. The lowest BCUT2D eigenvalue weighted by Gasteiger charge is -2.31. The number of nitrogens with two attached hydrogens (primary N) is 1. The lowest BCUT2D eigenvalue weighted by Crippen LogP contribution is -2.35. The monoisotopic (exact) mass is 374 g/mol. The molecule has 3 aromatic rings. The van der Waals surface area contributed by atoms with Crippen molar-refractivity contribution in [3.8, 4) is 11.4 Å². The fourth-order valence-corrected chi connectivity index (χ4v) is 3.27. The van der Waals surface area contributed by atoms with Crippen LogP contribution in [0.3, 0.4) is 0 Å². The molecule has 1 atom stereocenters. The van der Waals surface area contributed by atoms with Gasteiger partial charge in [-0.05, 0) is 37.1 Å². The summed E-state index contributed by atoms with van der Waals surface area (Å²) in [6, 6.07) is 7.69. The third kappa shape index (κ3) is 3.45. The summed E-state index contributed by atoms with van der Waals surface area (Å²) in [5.41, 5.74) is 6.40. The maximum Gasteiger partial charge on any atom is 0.231 e. The molecule has 4 rings (SSSR count). The second kappa shape index (κ2) is 6.87. The Bertz CT molecular complexity index is 896. The van der Waals surface area contributed by atoms with Gasteiger partial charge < -0.3 is 15.2 Å². The minimum absolute atomic E-state index is 0.0698. The van der Waals surface area contributed by atoms with Crippen LogP contribution < -0.4 is 10.6 Å². The van der Waals surface area contributed by atoms with E-state index in [9.17, 15) is 4.39 Å². The Morgan fingerprint density at radius 1 is 1.19 bits per heavy atom. The van der Waals surface area contributed by atoms with Crippen LogP contribution in [0.4, 0.5) is 16.2 Å². The highest BCUT2D eigenvalue weighted by molar-refractivity contribution is 6.29. The Labute approximate surface area is 154 Å². The number of anilines is 2. The molecule has 9 heteroatoms. The summed E-state index contributed by atoms with van der Waals surface area (Å²) in [6.07, 6.45) is 1.87. The molecule has 26 heavy (non-hydrogen) atoms. The molecule has 2 N–H and O–H groups in total. The Morgan fingerprint density at radius 2 is 2.00 bits per heavy atom. The molecule has 0 aliphatic carbocycles. The predicted octanol–water partition coefficient (Wildman–Crippen LogP) is 3.29. The van der Waals surface area contributed by atoms with Crippen LogP contribution in [0.15, 0.2) is 34.9 Å². The molecule has 134 valence electrons. The zero-order chi connectivity index (χ0) is 18.1. The van der Waals surface area contributed by atoms with E-state index in [1.165, 1.54) is 12.1 Å². The molecule has 0 saturated carbocycles. The van der Waals surface area contributed by atoms with Crippen molar-refractivity contribution in [3.05, 3.63) is 47.2 Å². The van der Waals surface area contributed by atoms with Gasteiger partial charge in [-0.2, -0.15) is 9.97 Å². The van der Waals surface area contributed by atoms with Crippen molar-refractivity contribution in [1.29, 1.82) is 0 Å². The smallest absolute Gasteiger partial charge is 0.231 e.